The molecule has 0 aromatic carbocycles. The molecular formula is C8H11KNO-. The Bertz CT molecular complexity index is 152. The van der Waals surface area contributed by atoms with E-state index < -0.39 is 0 Å². The van der Waals surface area contributed by atoms with Crippen molar-refractivity contribution < 1.29 is 56.2 Å². The molecule has 0 bridgehead atoms. The molecule has 0 rings (SSSR count). The Morgan fingerprint density at radius 1 is 1.64 bits per heavy atom. The molecule has 0 aliphatic carbocycles. The van der Waals surface area contributed by atoms with Crippen LogP contribution in [0.2, 0.25) is 0 Å². The van der Waals surface area contributed by atoms with Crippen molar-refractivity contribution in [2.24, 2.45) is 5.92 Å². The van der Waals surface area contributed by atoms with Gasteiger partial charge in [0.05, 0.1) is 0 Å². The second-order valence-electron chi connectivity index (χ2n) is 2.15. The number of nitrogens with one attached hydrogen (secondary N) is 1. The summed E-state index contributed by atoms with van der Waals surface area (Å²) in [5.74, 6) is -0.0724. The summed E-state index contributed by atoms with van der Waals surface area (Å²) in [4.78, 5) is 10.8. The summed E-state index contributed by atoms with van der Waals surface area (Å²) in [6.45, 7) is 8.61. The van der Waals surface area contributed by atoms with Crippen LogP contribution in [-0.2, 0) is 4.79 Å². The van der Waals surface area contributed by atoms with Crippen molar-refractivity contribution in [1.82, 2.24) is 5.32 Å². The fourth-order valence-corrected chi connectivity index (χ4v) is 0.305. The topological polar surface area (TPSA) is 29.1 Å². The first-order valence-corrected chi connectivity index (χ1v) is 3.10. The number of hydrogen-bond acceptors (Lipinski definition) is 1. The van der Waals surface area contributed by atoms with Gasteiger partial charge in [-0.15, -0.1) is 0 Å². The Balaban J connectivity index is 0. The number of hydrogen-bond donors (Lipinski definition) is 1. The molecule has 0 heterocycles. The number of allylic oxidation sites excluding steroid dienone is 2. The molecule has 0 aromatic heterocycles. The molecule has 0 saturated carbocycles. The number of carbonyl (C=O) groups excluding carboxylic acids is 1. The van der Waals surface area contributed by atoms with Gasteiger partial charge < -0.3 is 28.8 Å². The molecule has 0 unspecified atom stereocenters. The first-order valence-electron chi connectivity index (χ1n) is 3.10. The Labute approximate surface area is 111 Å². The first kappa shape index (κ1) is 14.1. The summed E-state index contributed by atoms with van der Waals surface area (Å²) in [6, 6.07) is 0. The third-order valence-electron chi connectivity index (χ3n) is 0.899. The zero-order chi connectivity index (χ0) is 7.98. The molecular weight excluding hydrogens is 165 g/mol. The predicted molar refractivity (Wildman–Crippen MR) is 39.7 cm³/mol. The Kier molecular flexibility index (Phi) is 11.2. The summed E-state index contributed by atoms with van der Waals surface area (Å²) in [6.07, 6.45) is 5.26. The van der Waals surface area contributed by atoms with Crippen LogP contribution in [0.15, 0.2) is 12.2 Å². The predicted octanol–water partition coefficient (Wildman–Crippen LogP) is -1.93. The van der Waals surface area contributed by atoms with Gasteiger partial charge in [0.1, 0.15) is 5.91 Å². The van der Waals surface area contributed by atoms with E-state index in [1.165, 1.54) is 12.2 Å². The third kappa shape index (κ3) is 8.49. The average Bonchev–Trinajstić information content (AvgIpc) is 1.88. The van der Waals surface area contributed by atoms with Gasteiger partial charge in [-0.1, -0.05) is 13.8 Å². The van der Waals surface area contributed by atoms with Crippen molar-refractivity contribution >= 4 is 5.91 Å². The maximum Gasteiger partial charge on any atom is 1.00 e. The molecule has 0 aliphatic rings. The van der Waals surface area contributed by atoms with Crippen molar-refractivity contribution in [3.05, 3.63) is 24.9 Å². The molecule has 1 amide bonds. The molecule has 56 valence electrons. The van der Waals surface area contributed by atoms with Gasteiger partial charge >= 0.3 is 51.4 Å². The SMILES string of the molecule is [CH-]=CC=[C-]NC(=O)C(C)C.[K+]. The fraction of sp³-hybridized carbons (Fsp3) is 0.375. The second-order valence-corrected chi connectivity index (χ2v) is 2.15. The molecule has 0 aromatic rings. The second kappa shape index (κ2) is 8.68. The monoisotopic (exact) mass is 176 g/mol. The van der Waals surface area contributed by atoms with Crippen LogP contribution in [-0.4, -0.2) is 5.91 Å². The van der Waals surface area contributed by atoms with E-state index in [0.29, 0.717) is 0 Å². The smallest absolute Gasteiger partial charge is 0.457 e. The minimum Gasteiger partial charge on any atom is -0.457 e. The molecule has 11 heavy (non-hydrogen) atoms. The van der Waals surface area contributed by atoms with Crippen LogP contribution in [0.5, 0.6) is 0 Å². The Morgan fingerprint density at radius 3 is 2.55 bits per heavy atom. The number of amides is 1. The molecule has 1 N–H and O–H groups in total. The van der Waals surface area contributed by atoms with E-state index in [-0.39, 0.29) is 63.2 Å². The van der Waals surface area contributed by atoms with Gasteiger partial charge in [0.2, 0.25) is 0 Å². The zero-order valence-electron chi connectivity index (χ0n) is 7.22. The minimum absolute atomic E-state index is 0. The fourth-order valence-electron chi connectivity index (χ4n) is 0.305. The van der Waals surface area contributed by atoms with Gasteiger partial charge in [-0.25, -0.2) is 6.20 Å². The van der Waals surface area contributed by atoms with Crippen LogP contribution in [0.25, 0.3) is 0 Å². The van der Waals surface area contributed by atoms with E-state index in [4.69, 9.17) is 6.58 Å². The quantitative estimate of drug-likeness (QED) is 0.231. The van der Waals surface area contributed by atoms with E-state index in [1.54, 1.807) is 0 Å². The summed E-state index contributed by atoms with van der Waals surface area (Å²) >= 11 is 0. The van der Waals surface area contributed by atoms with Gasteiger partial charge in [-0.2, -0.15) is 0 Å². The van der Waals surface area contributed by atoms with Gasteiger partial charge in [0.15, 0.2) is 0 Å². The van der Waals surface area contributed by atoms with E-state index in [2.05, 4.69) is 11.5 Å². The van der Waals surface area contributed by atoms with Crippen molar-refractivity contribution in [1.29, 1.82) is 0 Å². The van der Waals surface area contributed by atoms with E-state index in [9.17, 15) is 4.79 Å². The van der Waals surface area contributed by atoms with Crippen molar-refractivity contribution in [2.45, 2.75) is 13.8 Å². The maximum atomic E-state index is 10.8. The molecule has 0 atom stereocenters. The van der Waals surface area contributed by atoms with Crippen LogP contribution in [0.1, 0.15) is 13.8 Å². The largest absolute Gasteiger partial charge is 1.00 e. The molecule has 0 spiro atoms. The molecule has 0 saturated heterocycles. The Morgan fingerprint density at radius 2 is 2.18 bits per heavy atom. The number of carbonyl (C=O) groups is 1. The van der Waals surface area contributed by atoms with Gasteiger partial charge in [0.25, 0.3) is 0 Å². The van der Waals surface area contributed by atoms with E-state index >= 15 is 0 Å². The zero-order valence-corrected chi connectivity index (χ0v) is 10.3. The van der Waals surface area contributed by atoms with E-state index in [0.717, 1.165) is 0 Å². The standard InChI is InChI=1S/C8H11NO.K/c1-4-5-6-9-8(10)7(2)3;/h1,4-5,7H,2-3H3,(H,9,10);/q-2;+1. The van der Waals surface area contributed by atoms with Crippen LogP contribution >= 0.6 is 0 Å². The molecule has 0 fully saturated rings. The first-order chi connectivity index (χ1) is 4.68. The third-order valence-corrected chi connectivity index (χ3v) is 0.899. The summed E-state index contributed by atoms with van der Waals surface area (Å²) in [5.41, 5.74) is 0. The summed E-state index contributed by atoms with van der Waals surface area (Å²) in [5, 5.41) is 2.43. The Hall–Kier alpha value is 0.586. The van der Waals surface area contributed by atoms with Crippen LogP contribution in [0.3, 0.4) is 0 Å². The van der Waals surface area contributed by atoms with Gasteiger partial charge in [-0.3, -0.25) is 0 Å². The molecule has 3 heteroatoms. The minimum atomic E-state index is -0.0573. The van der Waals surface area contributed by atoms with Crippen molar-refractivity contribution in [3.63, 3.8) is 0 Å². The summed E-state index contributed by atoms with van der Waals surface area (Å²) < 4.78 is 0. The molecule has 2 nitrogen and oxygen atoms in total. The van der Waals surface area contributed by atoms with E-state index in [1.807, 2.05) is 13.8 Å². The van der Waals surface area contributed by atoms with Crippen molar-refractivity contribution in [2.75, 3.05) is 0 Å². The van der Waals surface area contributed by atoms with Crippen LogP contribution in [0.4, 0.5) is 0 Å². The average molecular weight is 176 g/mol. The molecule has 0 radical (unpaired) electrons. The van der Waals surface area contributed by atoms with Gasteiger partial charge in [0, 0.05) is 0 Å². The van der Waals surface area contributed by atoms with Crippen LogP contribution < -0.4 is 56.7 Å². The maximum absolute atomic E-state index is 10.8. The molecule has 0 aliphatic heterocycles. The van der Waals surface area contributed by atoms with Crippen molar-refractivity contribution in [3.8, 4) is 0 Å². The summed E-state index contributed by atoms with van der Waals surface area (Å²) in [7, 11) is 0. The number of rotatable bonds is 3. The van der Waals surface area contributed by atoms with Crippen LogP contribution in [0, 0.1) is 18.7 Å². The normalized spacial score (nSPS) is 9.36. The van der Waals surface area contributed by atoms with Gasteiger partial charge in [-0.05, 0) is 5.92 Å².